The molecule has 0 amide bonds. The minimum atomic E-state index is 0.363. The van der Waals surface area contributed by atoms with Crippen LogP contribution in [0.3, 0.4) is 0 Å². The van der Waals surface area contributed by atoms with E-state index >= 15 is 0 Å². The maximum atomic E-state index is 6.37. The molecule has 2 nitrogen and oxygen atoms in total. The molecule has 0 saturated heterocycles. The van der Waals surface area contributed by atoms with Crippen LogP contribution in [0.2, 0.25) is 5.02 Å². The maximum absolute atomic E-state index is 6.37. The van der Waals surface area contributed by atoms with Crippen molar-refractivity contribution in [1.82, 2.24) is 10.2 Å². The molecule has 1 aliphatic rings. The van der Waals surface area contributed by atoms with Gasteiger partial charge in [0.15, 0.2) is 0 Å². The van der Waals surface area contributed by atoms with Gasteiger partial charge in [0.25, 0.3) is 0 Å². The van der Waals surface area contributed by atoms with Crippen LogP contribution in [0.1, 0.15) is 51.1 Å². The highest BCUT2D eigenvalue weighted by Crippen LogP contribution is 2.30. The van der Waals surface area contributed by atoms with Crippen LogP contribution in [0.4, 0.5) is 0 Å². The van der Waals surface area contributed by atoms with Gasteiger partial charge in [-0.15, -0.1) is 0 Å². The first-order valence-electron chi connectivity index (χ1n) is 8.44. The number of rotatable bonds is 10. The molecule has 0 radical (unpaired) electrons. The molecule has 1 fully saturated rings. The molecule has 2 rings (SSSR count). The summed E-state index contributed by atoms with van der Waals surface area (Å²) in [6.45, 7) is 9.08. The summed E-state index contributed by atoms with van der Waals surface area (Å²) in [6, 6.07) is 8.60. The third-order valence-corrected chi connectivity index (χ3v) is 4.56. The lowest BCUT2D eigenvalue weighted by atomic mass is 10.0. The van der Waals surface area contributed by atoms with Crippen molar-refractivity contribution in [3.8, 4) is 0 Å². The Balaban J connectivity index is 1.93. The third-order valence-electron chi connectivity index (χ3n) is 4.22. The predicted octanol–water partition coefficient (Wildman–Crippen LogP) is 4.50. The Morgan fingerprint density at radius 1 is 1.24 bits per heavy atom. The number of benzene rings is 1. The van der Waals surface area contributed by atoms with Gasteiger partial charge in [0.2, 0.25) is 0 Å². The number of nitrogens with zero attached hydrogens (tertiary/aromatic N) is 1. The largest absolute Gasteiger partial charge is 0.310 e. The standard InChI is InChI=1S/C18H29ClN2/c1-3-12-21(14-15-9-10-15)13-11-18(20-4-2)16-7-5-6-8-17(16)19/h5-8,15,18,20H,3-4,9-14H2,1-2H3. The summed E-state index contributed by atoms with van der Waals surface area (Å²) in [4.78, 5) is 2.64. The van der Waals surface area contributed by atoms with Gasteiger partial charge in [-0.1, -0.05) is 43.6 Å². The SMILES string of the molecule is CCCN(CCC(NCC)c1ccccc1Cl)CC1CC1. The molecule has 0 bridgehead atoms. The van der Waals surface area contributed by atoms with Crippen molar-refractivity contribution in [3.05, 3.63) is 34.9 Å². The number of hydrogen-bond donors (Lipinski definition) is 1. The van der Waals surface area contributed by atoms with Crippen LogP contribution in [0.15, 0.2) is 24.3 Å². The van der Waals surface area contributed by atoms with Crippen LogP contribution in [0, 0.1) is 5.92 Å². The lowest BCUT2D eigenvalue weighted by Crippen LogP contribution is -2.31. The van der Waals surface area contributed by atoms with E-state index in [9.17, 15) is 0 Å². The van der Waals surface area contributed by atoms with Crippen LogP contribution in [-0.2, 0) is 0 Å². The zero-order chi connectivity index (χ0) is 15.1. The average molecular weight is 309 g/mol. The summed E-state index contributed by atoms with van der Waals surface area (Å²) >= 11 is 6.37. The Morgan fingerprint density at radius 3 is 2.62 bits per heavy atom. The monoisotopic (exact) mass is 308 g/mol. The number of nitrogens with one attached hydrogen (secondary N) is 1. The van der Waals surface area contributed by atoms with E-state index in [4.69, 9.17) is 11.6 Å². The number of hydrogen-bond acceptors (Lipinski definition) is 2. The van der Waals surface area contributed by atoms with E-state index in [1.807, 2.05) is 12.1 Å². The Morgan fingerprint density at radius 2 is 2.00 bits per heavy atom. The van der Waals surface area contributed by atoms with Crippen LogP contribution >= 0.6 is 11.6 Å². The average Bonchev–Trinajstić information content (AvgIpc) is 3.28. The highest BCUT2D eigenvalue weighted by atomic mass is 35.5. The fraction of sp³-hybridized carbons (Fsp3) is 0.667. The van der Waals surface area contributed by atoms with Crippen molar-refractivity contribution in [2.75, 3.05) is 26.2 Å². The Hall–Kier alpha value is -0.570. The summed E-state index contributed by atoms with van der Waals surface area (Å²) in [6.07, 6.45) is 5.23. The molecule has 3 heteroatoms. The zero-order valence-corrected chi connectivity index (χ0v) is 14.2. The van der Waals surface area contributed by atoms with Gasteiger partial charge in [-0.05, 0) is 62.9 Å². The molecule has 21 heavy (non-hydrogen) atoms. The molecule has 0 aliphatic heterocycles. The molecule has 0 aromatic heterocycles. The lowest BCUT2D eigenvalue weighted by Gasteiger charge is -2.26. The van der Waals surface area contributed by atoms with E-state index in [-0.39, 0.29) is 0 Å². The molecule has 1 atom stereocenters. The first-order chi connectivity index (χ1) is 10.2. The summed E-state index contributed by atoms with van der Waals surface area (Å²) in [7, 11) is 0. The minimum absolute atomic E-state index is 0.363. The van der Waals surface area contributed by atoms with Crippen molar-refractivity contribution in [1.29, 1.82) is 0 Å². The van der Waals surface area contributed by atoms with Crippen molar-refractivity contribution in [2.24, 2.45) is 5.92 Å². The van der Waals surface area contributed by atoms with Crippen LogP contribution in [0.25, 0.3) is 0 Å². The van der Waals surface area contributed by atoms with Gasteiger partial charge in [-0.3, -0.25) is 0 Å². The van der Waals surface area contributed by atoms with E-state index in [0.717, 1.165) is 30.5 Å². The quantitative estimate of drug-likeness (QED) is 0.684. The van der Waals surface area contributed by atoms with Gasteiger partial charge in [0, 0.05) is 17.6 Å². The van der Waals surface area contributed by atoms with Gasteiger partial charge < -0.3 is 10.2 Å². The van der Waals surface area contributed by atoms with Gasteiger partial charge in [-0.2, -0.15) is 0 Å². The molecular formula is C18H29ClN2. The highest BCUT2D eigenvalue weighted by Gasteiger charge is 2.24. The van der Waals surface area contributed by atoms with Crippen LogP contribution in [0.5, 0.6) is 0 Å². The first-order valence-corrected chi connectivity index (χ1v) is 8.82. The summed E-state index contributed by atoms with van der Waals surface area (Å²) in [5.74, 6) is 0.967. The fourth-order valence-corrected chi connectivity index (χ4v) is 3.23. The summed E-state index contributed by atoms with van der Waals surface area (Å²) < 4.78 is 0. The van der Waals surface area contributed by atoms with Gasteiger partial charge >= 0.3 is 0 Å². The highest BCUT2D eigenvalue weighted by molar-refractivity contribution is 6.31. The van der Waals surface area contributed by atoms with E-state index in [1.165, 1.54) is 37.9 Å². The second-order valence-electron chi connectivity index (χ2n) is 6.16. The molecular weight excluding hydrogens is 280 g/mol. The molecule has 0 spiro atoms. The second kappa shape index (κ2) is 8.77. The molecule has 0 heterocycles. The Bertz CT molecular complexity index is 417. The smallest absolute Gasteiger partial charge is 0.0453 e. The van der Waals surface area contributed by atoms with Crippen molar-refractivity contribution in [3.63, 3.8) is 0 Å². The number of halogens is 1. The molecule has 1 unspecified atom stereocenters. The van der Waals surface area contributed by atoms with E-state index in [2.05, 4.69) is 36.2 Å². The Kier molecular flexibility index (Phi) is 7.01. The third kappa shape index (κ3) is 5.61. The zero-order valence-electron chi connectivity index (χ0n) is 13.4. The topological polar surface area (TPSA) is 15.3 Å². The first kappa shape index (κ1) is 16.8. The summed E-state index contributed by atoms with van der Waals surface area (Å²) in [5, 5.41) is 4.48. The van der Waals surface area contributed by atoms with Crippen molar-refractivity contribution >= 4 is 11.6 Å². The molecule has 1 aliphatic carbocycles. The Labute approximate surface area is 134 Å². The normalized spacial score (nSPS) is 16.4. The van der Waals surface area contributed by atoms with E-state index < -0.39 is 0 Å². The molecule has 1 N–H and O–H groups in total. The molecule has 1 aromatic rings. The minimum Gasteiger partial charge on any atom is -0.310 e. The second-order valence-corrected chi connectivity index (χ2v) is 6.57. The molecule has 1 saturated carbocycles. The summed E-state index contributed by atoms with van der Waals surface area (Å²) in [5.41, 5.74) is 1.24. The van der Waals surface area contributed by atoms with Gasteiger partial charge in [0.1, 0.15) is 0 Å². The van der Waals surface area contributed by atoms with Crippen LogP contribution in [-0.4, -0.2) is 31.1 Å². The van der Waals surface area contributed by atoms with Crippen LogP contribution < -0.4 is 5.32 Å². The molecule has 118 valence electrons. The lowest BCUT2D eigenvalue weighted by molar-refractivity contribution is 0.248. The van der Waals surface area contributed by atoms with E-state index in [0.29, 0.717) is 6.04 Å². The molecule has 1 aromatic carbocycles. The maximum Gasteiger partial charge on any atom is 0.0453 e. The van der Waals surface area contributed by atoms with Crippen molar-refractivity contribution in [2.45, 2.75) is 45.6 Å². The predicted molar refractivity (Wildman–Crippen MR) is 91.9 cm³/mol. The van der Waals surface area contributed by atoms with E-state index in [1.54, 1.807) is 0 Å². The fourth-order valence-electron chi connectivity index (χ4n) is 2.96. The van der Waals surface area contributed by atoms with Crippen molar-refractivity contribution < 1.29 is 0 Å². The van der Waals surface area contributed by atoms with Gasteiger partial charge in [0.05, 0.1) is 0 Å². The van der Waals surface area contributed by atoms with Gasteiger partial charge in [-0.25, -0.2) is 0 Å².